The first-order chi connectivity index (χ1) is 14.5. The number of likely N-dealkylation sites (N-methyl/N-ethyl adjacent to an activating group) is 1. The maximum Gasteiger partial charge on any atom is 0.225 e. The molecule has 1 unspecified atom stereocenters. The van der Waals surface area contributed by atoms with Crippen LogP contribution in [0.15, 0.2) is 42.7 Å². The molecule has 1 N–H and O–H groups in total. The summed E-state index contributed by atoms with van der Waals surface area (Å²) in [5.74, 6) is 1.64. The number of imidazole rings is 1. The number of aliphatic hydroxyl groups is 1. The molecule has 2 aromatic heterocycles. The Hall–Kier alpha value is -3.00. The number of nitrogens with zero attached hydrogens (tertiary/aromatic N) is 6. The zero-order valence-electron chi connectivity index (χ0n) is 17.5. The van der Waals surface area contributed by atoms with Crippen LogP contribution in [0.3, 0.4) is 0 Å². The van der Waals surface area contributed by atoms with Crippen molar-refractivity contribution in [1.29, 1.82) is 0 Å². The molecule has 3 heterocycles. The number of para-hydroxylation sites is 2. The summed E-state index contributed by atoms with van der Waals surface area (Å²) in [6, 6.07) is 9.81. The Kier molecular flexibility index (Phi) is 5.67. The topological polar surface area (TPSA) is 87.4 Å². The van der Waals surface area contributed by atoms with E-state index in [-0.39, 0.29) is 5.91 Å². The molecule has 30 heavy (non-hydrogen) atoms. The van der Waals surface area contributed by atoms with Crippen molar-refractivity contribution in [3.8, 4) is 0 Å². The van der Waals surface area contributed by atoms with Crippen LogP contribution in [0, 0.1) is 0 Å². The van der Waals surface area contributed by atoms with Gasteiger partial charge in [-0.1, -0.05) is 12.1 Å². The average molecular weight is 409 g/mol. The first-order valence-corrected chi connectivity index (χ1v) is 10.3. The second kappa shape index (κ2) is 8.39. The van der Waals surface area contributed by atoms with Crippen molar-refractivity contribution in [2.75, 3.05) is 31.6 Å². The van der Waals surface area contributed by atoms with Gasteiger partial charge < -0.3 is 19.5 Å². The molecule has 0 bridgehead atoms. The van der Waals surface area contributed by atoms with Gasteiger partial charge in [0, 0.05) is 45.9 Å². The van der Waals surface area contributed by atoms with Gasteiger partial charge in [-0.15, -0.1) is 0 Å². The summed E-state index contributed by atoms with van der Waals surface area (Å²) < 4.78 is 2.09. The summed E-state index contributed by atoms with van der Waals surface area (Å²) in [5, 5.41) is 11.0. The fourth-order valence-electron chi connectivity index (χ4n) is 4.15. The van der Waals surface area contributed by atoms with E-state index < -0.39 is 5.60 Å². The van der Waals surface area contributed by atoms with Gasteiger partial charge in [-0.05, 0) is 31.0 Å². The fraction of sp³-hybridized carbons (Fsp3) is 0.455. The third-order valence-electron chi connectivity index (χ3n) is 5.80. The lowest BCUT2D eigenvalue weighted by Crippen LogP contribution is -2.46. The van der Waals surface area contributed by atoms with E-state index in [1.807, 2.05) is 30.1 Å². The van der Waals surface area contributed by atoms with Crippen molar-refractivity contribution in [3.63, 3.8) is 0 Å². The predicted octanol–water partition coefficient (Wildman–Crippen LogP) is 1.79. The zero-order valence-corrected chi connectivity index (χ0v) is 17.5. The van der Waals surface area contributed by atoms with Crippen molar-refractivity contribution >= 4 is 22.9 Å². The highest BCUT2D eigenvalue weighted by Crippen LogP contribution is 2.25. The van der Waals surface area contributed by atoms with Gasteiger partial charge in [0.05, 0.1) is 24.1 Å². The molecule has 8 nitrogen and oxygen atoms in total. The monoisotopic (exact) mass is 408 g/mol. The van der Waals surface area contributed by atoms with E-state index in [2.05, 4.69) is 25.6 Å². The molecular weight excluding hydrogens is 380 g/mol. The highest BCUT2D eigenvalue weighted by molar-refractivity contribution is 5.76. The molecule has 158 valence electrons. The van der Waals surface area contributed by atoms with Crippen LogP contribution in [0.1, 0.15) is 25.1 Å². The van der Waals surface area contributed by atoms with E-state index in [1.165, 1.54) is 0 Å². The highest BCUT2D eigenvalue weighted by Gasteiger charge is 2.38. The number of carbonyl (C=O) groups excluding carboxylic acids is 1. The number of hydrogen-bond donors (Lipinski definition) is 1. The fourth-order valence-corrected chi connectivity index (χ4v) is 4.15. The SMILES string of the molecule is CN(CC1(O)CCN(c2ncccn2)C1)C(=O)CCCc1nc2ccccc2n1C. The smallest absolute Gasteiger partial charge is 0.225 e. The Bertz CT molecular complexity index is 1020. The van der Waals surface area contributed by atoms with Gasteiger partial charge in [0.15, 0.2) is 0 Å². The minimum Gasteiger partial charge on any atom is -0.386 e. The molecule has 1 aliphatic heterocycles. The molecule has 0 radical (unpaired) electrons. The number of benzene rings is 1. The number of aromatic nitrogens is 4. The second-order valence-corrected chi connectivity index (χ2v) is 8.12. The molecule has 1 amide bonds. The van der Waals surface area contributed by atoms with Crippen molar-refractivity contribution in [2.45, 2.75) is 31.3 Å². The molecule has 1 aromatic carbocycles. The summed E-state index contributed by atoms with van der Waals surface area (Å²) in [4.78, 5) is 29.4. The molecular formula is C22H28N6O2. The number of β-amino-alcohol motifs (C(OH)–C–C–N with tert-alkyl or cyclic N) is 1. The van der Waals surface area contributed by atoms with Crippen LogP contribution in [0.25, 0.3) is 11.0 Å². The minimum absolute atomic E-state index is 0.0385. The Labute approximate surface area is 176 Å². The molecule has 0 saturated carbocycles. The van der Waals surface area contributed by atoms with Gasteiger partial charge in [0.2, 0.25) is 11.9 Å². The Morgan fingerprint density at radius 3 is 2.77 bits per heavy atom. The Morgan fingerprint density at radius 2 is 2.00 bits per heavy atom. The van der Waals surface area contributed by atoms with Crippen molar-refractivity contribution in [3.05, 3.63) is 48.5 Å². The lowest BCUT2D eigenvalue weighted by molar-refractivity contribution is -0.132. The first-order valence-electron chi connectivity index (χ1n) is 10.3. The summed E-state index contributed by atoms with van der Waals surface area (Å²) in [5.41, 5.74) is 1.14. The van der Waals surface area contributed by atoms with Crippen LogP contribution in [0.5, 0.6) is 0 Å². The molecule has 0 aliphatic carbocycles. The maximum absolute atomic E-state index is 12.6. The number of rotatable bonds is 7. The number of fused-ring (bicyclic) bond motifs is 1. The van der Waals surface area contributed by atoms with E-state index in [0.717, 1.165) is 29.7 Å². The van der Waals surface area contributed by atoms with Gasteiger partial charge in [0.1, 0.15) is 11.4 Å². The average Bonchev–Trinajstić information content (AvgIpc) is 3.29. The normalized spacial score (nSPS) is 18.8. The molecule has 1 aliphatic rings. The van der Waals surface area contributed by atoms with Crippen molar-refractivity contribution < 1.29 is 9.90 Å². The Balaban J connectivity index is 1.28. The lowest BCUT2D eigenvalue weighted by atomic mass is 10.0. The van der Waals surface area contributed by atoms with Crippen LogP contribution in [-0.2, 0) is 18.3 Å². The van der Waals surface area contributed by atoms with Crippen LogP contribution < -0.4 is 4.90 Å². The zero-order chi connectivity index (χ0) is 21.1. The minimum atomic E-state index is -0.943. The molecule has 4 rings (SSSR count). The van der Waals surface area contributed by atoms with Crippen LogP contribution in [-0.4, -0.2) is 67.7 Å². The van der Waals surface area contributed by atoms with Gasteiger partial charge in [-0.2, -0.15) is 0 Å². The van der Waals surface area contributed by atoms with E-state index >= 15 is 0 Å². The number of carbonyl (C=O) groups is 1. The van der Waals surface area contributed by atoms with Crippen LogP contribution in [0.2, 0.25) is 0 Å². The molecule has 1 saturated heterocycles. The van der Waals surface area contributed by atoms with Crippen molar-refractivity contribution in [1.82, 2.24) is 24.4 Å². The van der Waals surface area contributed by atoms with Crippen LogP contribution in [0.4, 0.5) is 5.95 Å². The summed E-state index contributed by atoms with van der Waals surface area (Å²) in [6.07, 6.45) is 5.88. The third-order valence-corrected chi connectivity index (χ3v) is 5.80. The number of aryl methyl sites for hydroxylation is 2. The number of amides is 1. The van der Waals surface area contributed by atoms with Gasteiger partial charge in [-0.25, -0.2) is 15.0 Å². The number of anilines is 1. The second-order valence-electron chi connectivity index (χ2n) is 8.12. The van der Waals surface area contributed by atoms with E-state index in [4.69, 9.17) is 0 Å². The van der Waals surface area contributed by atoms with Gasteiger partial charge in [-0.3, -0.25) is 4.79 Å². The molecule has 1 fully saturated rings. The van der Waals surface area contributed by atoms with E-state index in [0.29, 0.717) is 38.4 Å². The predicted molar refractivity (Wildman–Crippen MR) is 115 cm³/mol. The van der Waals surface area contributed by atoms with Crippen LogP contribution >= 0.6 is 0 Å². The first kappa shape index (κ1) is 20.3. The molecule has 8 heteroatoms. The highest BCUT2D eigenvalue weighted by atomic mass is 16.3. The summed E-state index contributed by atoms with van der Waals surface area (Å²) in [7, 11) is 3.77. The maximum atomic E-state index is 12.6. The largest absolute Gasteiger partial charge is 0.386 e. The number of hydrogen-bond acceptors (Lipinski definition) is 6. The van der Waals surface area contributed by atoms with Gasteiger partial charge in [0.25, 0.3) is 0 Å². The van der Waals surface area contributed by atoms with Gasteiger partial charge >= 0.3 is 0 Å². The summed E-state index contributed by atoms with van der Waals surface area (Å²) >= 11 is 0. The molecule has 1 atom stereocenters. The lowest BCUT2D eigenvalue weighted by Gasteiger charge is -2.29. The standard InChI is InChI=1S/C22H28N6O2/c1-26(15-22(30)11-14-28(16-22)21-23-12-6-13-24-21)20(29)10-5-9-19-25-17-7-3-4-8-18(17)27(19)2/h3-4,6-8,12-13,30H,5,9-11,14-16H2,1-2H3. The quantitative estimate of drug-likeness (QED) is 0.641. The third kappa shape index (κ3) is 4.28. The van der Waals surface area contributed by atoms with E-state index in [1.54, 1.807) is 30.4 Å². The van der Waals surface area contributed by atoms with E-state index in [9.17, 15) is 9.90 Å². The Morgan fingerprint density at radius 1 is 1.23 bits per heavy atom. The molecule has 3 aromatic rings. The summed E-state index contributed by atoms with van der Waals surface area (Å²) in [6.45, 7) is 1.41. The molecule has 0 spiro atoms. The van der Waals surface area contributed by atoms with Crippen molar-refractivity contribution in [2.24, 2.45) is 7.05 Å².